The minimum Gasteiger partial charge on any atom is -0.184 e. The van der Waals surface area contributed by atoms with Gasteiger partial charge in [0.2, 0.25) is 0 Å². The normalized spacial score (nSPS) is 11.5. The molecule has 2 radical (unpaired) electrons. The van der Waals surface area contributed by atoms with Gasteiger partial charge in [0, 0.05) is 0 Å². The van der Waals surface area contributed by atoms with E-state index >= 15 is 0 Å². The van der Waals surface area contributed by atoms with Crippen molar-refractivity contribution in [1.29, 1.82) is 0 Å². The Kier molecular flexibility index (Phi) is 20.0. The van der Waals surface area contributed by atoms with Gasteiger partial charge in [0.25, 0.3) is 0 Å². The summed E-state index contributed by atoms with van der Waals surface area (Å²) >= 11 is 1.36. The third-order valence-corrected chi connectivity index (χ3v) is 6.88. The van der Waals surface area contributed by atoms with E-state index in [4.69, 9.17) is 0 Å². The third kappa shape index (κ3) is 13.6. The molecule has 0 spiro atoms. The van der Waals surface area contributed by atoms with Gasteiger partial charge >= 0.3 is 30.2 Å². The molecule has 0 nitrogen and oxygen atoms in total. The molecule has 2 aliphatic carbocycles. The minimum absolute atomic E-state index is 0. The minimum atomic E-state index is 0. The van der Waals surface area contributed by atoms with Crippen LogP contribution in [0.2, 0.25) is 0 Å². The van der Waals surface area contributed by atoms with Gasteiger partial charge in [-0.3, -0.25) is 6.08 Å². The number of allylic oxidation sites excluding steroid dienone is 4. The molecule has 0 aromatic heterocycles. The summed E-state index contributed by atoms with van der Waals surface area (Å²) in [4.78, 5) is 0. The molecule has 0 aliphatic heterocycles. The van der Waals surface area contributed by atoms with Gasteiger partial charge in [-0.15, -0.1) is 47.9 Å². The molecule has 0 N–H and O–H groups in total. The van der Waals surface area contributed by atoms with E-state index in [1.807, 2.05) is 72.8 Å². The first-order valence-electron chi connectivity index (χ1n) is 14.5. The second kappa shape index (κ2) is 21.0. The molecule has 4 aromatic rings. The van der Waals surface area contributed by atoms with E-state index in [0.717, 1.165) is 12.8 Å². The molecule has 0 heterocycles. The average molecular weight is 717 g/mol. The molecule has 44 heavy (non-hydrogen) atoms. The summed E-state index contributed by atoms with van der Waals surface area (Å²) < 4.78 is 0. The van der Waals surface area contributed by atoms with E-state index in [1.165, 1.54) is 67.8 Å². The van der Waals surface area contributed by atoms with E-state index < -0.39 is 0 Å². The Balaban J connectivity index is 0.000000713. The van der Waals surface area contributed by atoms with Crippen LogP contribution in [0.3, 0.4) is 0 Å². The number of rotatable bonds is 0. The number of hydrogen-bond acceptors (Lipinski definition) is 0. The number of halogens is 2. The van der Waals surface area contributed by atoms with Crippen molar-refractivity contribution >= 4 is 31.7 Å². The van der Waals surface area contributed by atoms with Gasteiger partial charge in [0.15, 0.2) is 0 Å². The fourth-order valence-electron chi connectivity index (χ4n) is 5.05. The summed E-state index contributed by atoms with van der Waals surface area (Å²) in [5.74, 6) is 0. The van der Waals surface area contributed by atoms with Gasteiger partial charge in [-0.05, 0) is 35.4 Å². The second-order valence-electron chi connectivity index (χ2n) is 12.4. The molecule has 0 atom stereocenters. The molecule has 232 valence electrons. The monoisotopic (exact) mass is 714 g/mol. The molecule has 4 heteroatoms. The van der Waals surface area contributed by atoms with Crippen LogP contribution in [0, 0.1) is 38.1 Å². The first-order chi connectivity index (χ1) is 20.0. The molecule has 0 amide bonds. The molecular formula is C40H46Cl2SiZr-4. The summed E-state index contributed by atoms with van der Waals surface area (Å²) in [6, 6.07) is 35.9. The standard InChI is InChI=1S/C23H29.2C6H5.C5H5.2ClH.Si.Zr/c1-14-9-16-11-17-10-15(2)21(23(6,7)8)13-19(17)18(16)12-20(14)22(3,4)5;2*1-2-4-6-5-3-1;1-2-4-5-3-1;;;;/h9,12-13H,11H2,1-8H3;2*1-5H;1-3H,4H2;2*1H;;/q4*-1;;;;. The van der Waals surface area contributed by atoms with Crippen LogP contribution in [-0.2, 0) is 40.6 Å². The van der Waals surface area contributed by atoms with Gasteiger partial charge in [0.1, 0.15) is 0 Å². The largest absolute Gasteiger partial charge is 0.184 e. The molecule has 0 unspecified atom stereocenters. The van der Waals surface area contributed by atoms with E-state index in [1.54, 1.807) is 0 Å². The van der Waals surface area contributed by atoms with Crippen LogP contribution < -0.4 is 0 Å². The van der Waals surface area contributed by atoms with Crippen LogP contribution >= 0.6 is 24.8 Å². The number of aryl methyl sites for hydroxylation is 2. The third-order valence-electron chi connectivity index (χ3n) is 6.88. The molecule has 0 bridgehead atoms. The van der Waals surface area contributed by atoms with Crippen molar-refractivity contribution in [1.82, 2.24) is 0 Å². The van der Waals surface area contributed by atoms with Gasteiger partial charge in [-0.25, -0.2) is 12.2 Å². The smallest absolute Gasteiger partial charge is 0.171 e. The van der Waals surface area contributed by atoms with Crippen LogP contribution in [0.25, 0.3) is 11.1 Å². The van der Waals surface area contributed by atoms with Crippen LogP contribution in [0.5, 0.6) is 0 Å². The number of benzene rings is 4. The van der Waals surface area contributed by atoms with Crippen molar-refractivity contribution in [3.8, 4) is 11.1 Å². The SMILES string of the molecule is Cc1[c-]c2c(cc1C(C)(C)C)-c1cc(C(C)(C)C)c(C)cc1C2.Cl.Cl.[C-]1=CC=CC1.[Si]=[Zr].[c-]1ccccc1.[c-]1ccccc1. The summed E-state index contributed by atoms with van der Waals surface area (Å²) in [5.41, 5.74) is 11.6. The summed E-state index contributed by atoms with van der Waals surface area (Å²) in [6.45, 7) is 21.3. The maximum atomic E-state index is 3.69. The number of hydrogen-bond donors (Lipinski definition) is 0. The van der Waals surface area contributed by atoms with E-state index in [2.05, 4.69) is 111 Å². The van der Waals surface area contributed by atoms with Crippen molar-refractivity contribution in [3.05, 3.63) is 155 Å². The van der Waals surface area contributed by atoms with Gasteiger partial charge < -0.3 is 0 Å². The Bertz CT molecular complexity index is 1270. The van der Waals surface area contributed by atoms with Crippen molar-refractivity contribution in [2.75, 3.05) is 0 Å². The van der Waals surface area contributed by atoms with Crippen LogP contribution in [0.1, 0.15) is 81.3 Å². The van der Waals surface area contributed by atoms with Gasteiger partial charge in [-0.1, -0.05) is 71.6 Å². The van der Waals surface area contributed by atoms with Crippen molar-refractivity contribution in [2.45, 2.75) is 79.1 Å². The van der Waals surface area contributed by atoms with E-state index in [9.17, 15) is 0 Å². The predicted octanol–water partition coefficient (Wildman–Crippen LogP) is 11.0. The zero-order chi connectivity index (χ0) is 31.2. The maximum absolute atomic E-state index is 3.69. The van der Waals surface area contributed by atoms with Crippen LogP contribution in [0.4, 0.5) is 0 Å². The predicted molar refractivity (Wildman–Crippen MR) is 193 cm³/mol. The molecule has 2 aliphatic rings. The van der Waals surface area contributed by atoms with E-state index in [-0.39, 0.29) is 35.6 Å². The second-order valence-corrected chi connectivity index (χ2v) is 12.4. The van der Waals surface area contributed by atoms with Gasteiger partial charge in [-0.2, -0.15) is 96.6 Å². The summed E-state index contributed by atoms with van der Waals surface area (Å²) in [5, 5.41) is 0. The molecule has 0 saturated heterocycles. The number of fused-ring (bicyclic) bond motifs is 3. The van der Waals surface area contributed by atoms with E-state index in [0.29, 0.717) is 0 Å². The van der Waals surface area contributed by atoms with Crippen molar-refractivity contribution in [3.63, 3.8) is 0 Å². The average Bonchev–Trinajstić information content (AvgIpc) is 3.66. The molecule has 0 fully saturated rings. The first kappa shape index (κ1) is 42.0. The zero-order valence-corrected chi connectivity index (χ0v) is 32.6. The van der Waals surface area contributed by atoms with Crippen LogP contribution in [0.15, 0.2) is 97.1 Å². The Morgan fingerprint density at radius 3 is 1.52 bits per heavy atom. The van der Waals surface area contributed by atoms with Crippen molar-refractivity contribution < 1.29 is 23.3 Å². The Hall–Kier alpha value is -1.96. The summed E-state index contributed by atoms with van der Waals surface area (Å²) in [7, 11) is 0. The van der Waals surface area contributed by atoms with Crippen LogP contribution in [-0.4, -0.2) is 6.88 Å². The molecule has 6 rings (SSSR count). The first-order valence-corrected chi connectivity index (χ1v) is 18.7. The summed E-state index contributed by atoms with van der Waals surface area (Å²) in [6.07, 6.45) is 11.0. The molecule has 0 saturated carbocycles. The Morgan fingerprint density at radius 1 is 0.682 bits per heavy atom. The Morgan fingerprint density at radius 2 is 1.18 bits per heavy atom. The van der Waals surface area contributed by atoms with Crippen molar-refractivity contribution in [2.24, 2.45) is 0 Å². The zero-order valence-electron chi connectivity index (χ0n) is 27.5. The fraction of sp³-hybridized carbons (Fsp3) is 0.300. The Labute approximate surface area is 297 Å². The molecule has 4 aromatic carbocycles. The maximum Gasteiger partial charge on any atom is -0.171 e. The fourth-order valence-corrected chi connectivity index (χ4v) is 5.05. The van der Waals surface area contributed by atoms with Gasteiger partial charge in [0.05, 0.1) is 0 Å². The quantitative estimate of drug-likeness (QED) is 0.111. The molecular weight excluding hydrogens is 671 g/mol. The topological polar surface area (TPSA) is 0 Å².